The van der Waals surface area contributed by atoms with Crippen molar-refractivity contribution in [1.29, 1.82) is 0 Å². The highest BCUT2D eigenvalue weighted by molar-refractivity contribution is 5.91. The summed E-state index contributed by atoms with van der Waals surface area (Å²) in [4.78, 5) is 25.9. The zero-order valence-corrected chi connectivity index (χ0v) is 11.0. The number of anilines is 2. The number of rotatable bonds is 3. The predicted octanol–water partition coefficient (Wildman–Crippen LogP) is 1.30. The van der Waals surface area contributed by atoms with Crippen LogP contribution in [0.1, 0.15) is 0 Å². The number of nitrogens with zero attached hydrogens (tertiary/aromatic N) is 2. The molecule has 0 spiro atoms. The maximum absolute atomic E-state index is 11.8. The molecule has 6 heteroatoms. The Morgan fingerprint density at radius 2 is 1.84 bits per heavy atom. The molecule has 1 saturated heterocycles. The second-order valence-electron chi connectivity index (χ2n) is 4.81. The maximum Gasteiger partial charge on any atom is 0.321 e. The van der Waals surface area contributed by atoms with Crippen LogP contribution in [0.25, 0.3) is 0 Å². The molecule has 0 bridgehead atoms. The maximum atomic E-state index is 11.8. The second-order valence-corrected chi connectivity index (χ2v) is 4.81. The molecule has 0 unspecified atom stereocenters. The highest BCUT2D eigenvalue weighted by atomic mass is 16.4. The van der Waals surface area contributed by atoms with E-state index in [0.717, 1.165) is 5.69 Å². The smallest absolute Gasteiger partial charge is 0.321 e. The van der Waals surface area contributed by atoms with Crippen molar-refractivity contribution in [3.63, 3.8) is 0 Å². The molecule has 0 aromatic heterocycles. The number of carboxylic acids is 1. The van der Waals surface area contributed by atoms with Crippen LogP contribution in [-0.4, -0.2) is 49.2 Å². The first kappa shape index (κ1) is 13.2. The summed E-state index contributed by atoms with van der Waals surface area (Å²) >= 11 is 0. The lowest BCUT2D eigenvalue weighted by atomic mass is 10.0. The molecule has 2 amide bonds. The highest BCUT2D eigenvalue weighted by Crippen LogP contribution is 2.19. The van der Waals surface area contributed by atoms with Crippen LogP contribution in [0.5, 0.6) is 0 Å². The van der Waals surface area contributed by atoms with Crippen molar-refractivity contribution in [2.45, 2.75) is 0 Å². The third-order valence-electron chi connectivity index (χ3n) is 3.15. The first-order chi connectivity index (χ1) is 8.97. The number of benzene rings is 1. The van der Waals surface area contributed by atoms with Gasteiger partial charge in [0.1, 0.15) is 0 Å². The van der Waals surface area contributed by atoms with Crippen molar-refractivity contribution in [2.75, 3.05) is 37.4 Å². The number of nitrogens with one attached hydrogen (secondary N) is 1. The Kier molecular flexibility index (Phi) is 3.59. The van der Waals surface area contributed by atoms with Crippen molar-refractivity contribution in [2.24, 2.45) is 5.92 Å². The first-order valence-electron chi connectivity index (χ1n) is 6.03. The van der Waals surface area contributed by atoms with Crippen molar-refractivity contribution < 1.29 is 14.7 Å². The molecule has 0 atom stereocenters. The molecule has 0 saturated carbocycles. The summed E-state index contributed by atoms with van der Waals surface area (Å²) < 4.78 is 0. The minimum Gasteiger partial charge on any atom is -0.481 e. The number of amides is 2. The number of carbonyl (C=O) groups excluding carboxylic acids is 1. The van der Waals surface area contributed by atoms with E-state index in [1.54, 1.807) is 0 Å². The van der Waals surface area contributed by atoms with Gasteiger partial charge in [-0.1, -0.05) is 0 Å². The average Bonchev–Trinajstić information content (AvgIpc) is 2.26. The molecule has 6 nitrogen and oxygen atoms in total. The third kappa shape index (κ3) is 2.96. The molecular weight excluding hydrogens is 246 g/mol. The Bertz CT molecular complexity index is 478. The van der Waals surface area contributed by atoms with E-state index < -0.39 is 11.9 Å². The van der Waals surface area contributed by atoms with Gasteiger partial charge in [-0.15, -0.1) is 0 Å². The standard InChI is InChI=1S/C13H17N3O3/c1-15(2)11-5-3-10(4-6-11)14-13(19)16-7-9(8-16)12(17)18/h3-6,9H,7-8H2,1-2H3,(H,14,19)(H,17,18). The molecule has 2 N–H and O–H groups in total. The Morgan fingerprint density at radius 3 is 2.32 bits per heavy atom. The fourth-order valence-electron chi connectivity index (χ4n) is 1.85. The number of hydrogen-bond acceptors (Lipinski definition) is 3. The van der Waals surface area contributed by atoms with Gasteiger partial charge in [-0.25, -0.2) is 4.79 Å². The topological polar surface area (TPSA) is 72.9 Å². The van der Waals surface area contributed by atoms with Crippen LogP contribution in [0, 0.1) is 5.92 Å². The van der Waals surface area contributed by atoms with Crippen LogP contribution >= 0.6 is 0 Å². The van der Waals surface area contributed by atoms with E-state index in [0.29, 0.717) is 5.69 Å². The van der Waals surface area contributed by atoms with Crippen molar-refractivity contribution in [1.82, 2.24) is 4.90 Å². The van der Waals surface area contributed by atoms with Gasteiger partial charge >= 0.3 is 12.0 Å². The number of carbonyl (C=O) groups is 2. The molecule has 102 valence electrons. The predicted molar refractivity (Wildman–Crippen MR) is 72.5 cm³/mol. The Morgan fingerprint density at radius 1 is 1.26 bits per heavy atom. The lowest BCUT2D eigenvalue weighted by molar-refractivity contribution is -0.145. The summed E-state index contributed by atoms with van der Waals surface area (Å²) in [6.45, 7) is 0.550. The van der Waals surface area contributed by atoms with Gasteiger partial charge in [0, 0.05) is 38.6 Å². The SMILES string of the molecule is CN(C)c1ccc(NC(=O)N2CC(C(=O)O)C2)cc1. The van der Waals surface area contributed by atoms with Gasteiger partial charge in [0.25, 0.3) is 0 Å². The van der Waals surface area contributed by atoms with E-state index in [9.17, 15) is 9.59 Å². The first-order valence-corrected chi connectivity index (χ1v) is 6.03. The summed E-state index contributed by atoms with van der Waals surface area (Å²) in [7, 11) is 3.89. The molecule has 0 radical (unpaired) electrons. The zero-order valence-electron chi connectivity index (χ0n) is 11.0. The number of aliphatic carboxylic acids is 1. The monoisotopic (exact) mass is 263 g/mol. The van der Waals surface area contributed by atoms with E-state index in [2.05, 4.69) is 5.32 Å². The summed E-state index contributed by atoms with van der Waals surface area (Å²) in [5.74, 6) is -1.28. The van der Waals surface area contributed by atoms with Crippen LogP contribution < -0.4 is 10.2 Å². The fourth-order valence-corrected chi connectivity index (χ4v) is 1.85. The second kappa shape index (κ2) is 5.17. The number of hydrogen-bond donors (Lipinski definition) is 2. The zero-order chi connectivity index (χ0) is 14.0. The third-order valence-corrected chi connectivity index (χ3v) is 3.15. The van der Waals surface area contributed by atoms with E-state index in [4.69, 9.17) is 5.11 Å². The summed E-state index contributed by atoms with van der Waals surface area (Å²) in [6, 6.07) is 7.20. The number of urea groups is 1. The van der Waals surface area contributed by atoms with Gasteiger partial charge in [-0.2, -0.15) is 0 Å². The number of likely N-dealkylation sites (tertiary alicyclic amines) is 1. The van der Waals surface area contributed by atoms with Gasteiger partial charge in [-0.3, -0.25) is 4.79 Å². The van der Waals surface area contributed by atoms with Crippen LogP contribution in [0.2, 0.25) is 0 Å². The summed E-state index contributed by atoms with van der Waals surface area (Å²) in [5, 5.41) is 11.5. The summed E-state index contributed by atoms with van der Waals surface area (Å²) in [5.41, 5.74) is 1.75. The molecule has 1 aliphatic rings. The van der Waals surface area contributed by atoms with Gasteiger partial charge in [0.2, 0.25) is 0 Å². The summed E-state index contributed by atoms with van der Waals surface area (Å²) in [6.07, 6.45) is 0. The van der Waals surface area contributed by atoms with Crippen LogP contribution in [0.3, 0.4) is 0 Å². The molecule has 0 aliphatic carbocycles. The Balaban J connectivity index is 1.88. The highest BCUT2D eigenvalue weighted by Gasteiger charge is 2.35. The molecule has 19 heavy (non-hydrogen) atoms. The number of carboxylic acid groups (broad SMARTS) is 1. The van der Waals surface area contributed by atoms with Gasteiger partial charge in [0.15, 0.2) is 0 Å². The van der Waals surface area contributed by atoms with Gasteiger partial charge < -0.3 is 20.2 Å². The fraction of sp³-hybridized carbons (Fsp3) is 0.385. The molecule has 1 aliphatic heterocycles. The lowest BCUT2D eigenvalue weighted by Gasteiger charge is -2.36. The van der Waals surface area contributed by atoms with Crippen LogP contribution in [0.15, 0.2) is 24.3 Å². The quantitative estimate of drug-likeness (QED) is 0.862. The van der Waals surface area contributed by atoms with Crippen molar-refractivity contribution >= 4 is 23.4 Å². The van der Waals surface area contributed by atoms with E-state index in [1.165, 1.54) is 4.90 Å². The van der Waals surface area contributed by atoms with E-state index in [-0.39, 0.29) is 19.1 Å². The largest absolute Gasteiger partial charge is 0.481 e. The minimum atomic E-state index is -0.848. The van der Waals surface area contributed by atoms with Crippen molar-refractivity contribution in [3.8, 4) is 0 Å². The van der Waals surface area contributed by atoms with Crippen LogP contribution in [0.4, 0.5) is 16.2 Å². The Labute approximate surface area is 111 Å². The minimum absolute atomic E-state index is 0.255. The molecule has 1 fully saturated rings. The average molecular weight is 263 g/mol. The molecule has 1 aromatic rings. The lowest BCUT2D eigenvalue weighted by Crippen LogP contribution is -2.54. The van der Waals surface area contributed by atoms with E-state index in [1.807, 2.05) is 43.3 Å². The Hall–Kier alpha value is -2.24. The molecule has 2 rings (SSSR count). The molecule has 1 aromatic carbocycles. The molecule has 1 heterocycles. The van der Waals surface area contributed by atoms with Crippen molar-refractivity contribution in [3.05, 3.63) is 24.3 Å². The van der Waals surface area contributed by atoms with Crippen LogP contribution in [-0.2, 0) is 4.79 Å². The normalized spacial score (nSPS) is 14.7. The van der Waals surface area contributed by atoms with Gasteiger partial charge in [-0.05, 0) is 24.3 Å². The van der Waals surface area contributed by atoms with E-state index >= 15 is 0 Å². The van der Waals surface area contributed by atoms with Gasteiger partial charge in [0.05, 0.1) is 5.92 Å². The molecular formula is C13H17N3O3.